The van der Waals surface area contributed by atoms with Gasteiger partial charge in [-0.3, -0.25) is 4.79 Å². The molecule has 118 valence electrons. The molecule has 0 unspecified atom stereocenters. The minimum atomic E-state index is 0.258. The number of hydrogen-bond donors (Lipinski definition) is 0. The number of hydrogen-bond acceptors (Lipinski definition) is 3. The molecule has 1 amide bonds. The summed E-state index contributed by atoms with van der Waals surface area (Å²) in [5.74, 6) is 1.34. The fourth-order valence-electron chi connectivity index (χ4n) is 2.67. The van der Waals surface area contributed by atoms with Crippen LogP contribution in [0.1, 0.15) is 44.5 Å². The van der Waals surface area contributed by atoms with Gasteiger partial charge < -0.3 is 9.47 Å². The van der Waals surface area contributed by atoms with Crippen LogP contribution in [0.4, 0.5) is 0 Å². The molecule has 2 heterocycles. The number of likely N-dealkylation sites (tertiary alicyclic amines) is 1. The van der Waals surface area contributed by atoms with E-state index in [2.05, 4.69) is 30.3 Å². The van der Waals surface area contributed by atoms with Gasteiger partial charge in [-0.05, 0) is 39.0 Å². The van der Waals surface area contributed by atoms with Crippen LogP contribution in [-0.2, 0) is 11.3 Å². The van der Waals surface area contributed by atoms with Crippen LogP contribution in [0, 0.1) is 19.8 Å². The maximum Gasteiger partial charge on any atom is 0.233 e. The van der Waals surface area contributed by atoms with Crippen LogP contribution in [-0.4, -0.2) is 39.2 Å². The number of imidazole rings is 1. The van der Waals surface area contributed by atoms with E-state index < -0.39 is 0 Å². The van der Waals surface area contributed by atoms with Crippen molar-refractivity contribution in [3.05, 3.63) is 11.4 Å². The summed E-state index contributed by atoms with van der Waals surface area (Å²) in [5.41, 5.74) is 2.29. The first kappa shape index (κ1) is 16.4. The molecule has 5 heteroatoms. The monoisotopic (exact) mass is 309 g/mol. The molecule has 2 rings (SSSR count). The largest absolute Gasteiger partial charge is 0.342 e. The van der Waals surface area contributed by atoms with E-state index in [4.69, 9.17) is 0 Å². The highest BCUT2D eigenvalue weighted by molar-refractivity contribution is 7.99. The summed E-state index contributed by atoms with van der Waals surface area (Å²) in [5, 5.41) is 0.990. The molecule has 0 N–H and O–H groups in total. The minimum Gasteiger partial charge on any atom is -0.342 e. The van der Waals surface area contributed by atoms with Crippen LogP contribution in [0.5, 0.6) is 0 Å². The molecule has 0 radical (unpaired) electrons. The minimum absolute atomic E-state index is 0.258. The molecular formula is C16H27N3OS. The Bertz CT molecular complexity index is 490. The highest BCUT2D eigenvalue weighted by Crippen LogP contribution is 2.23. The van der Waals surface area contributed by atoms with Crippen molar-refractivity contribution in [2.75, 3.05) is 18.8 Å². The van der Waals surface area contributed by atoms with Gasteiger partial charge >= 0.3 is 0 Å². The van der Waals surface area contributed by atoms with Crippen LogP contribution in [0.2, 0.25) is 0 Å². The average molecular weight is 309 g/mol. The second-order valence-corrected chi connectivity index (χ2v) is 7.24. The van der Waals surface area contributed by atoms with Crippen molar-refractivity contribution in [1.82, 2.24) is 14.5 Å². The van der Waals surface area contributed by atoms with Gasteiger partial charge in [-0.25, -0.2) is 4.98 Å². The third-order valence-electron chi connectivity index (χ3n) is 4.00. The van der Waals surface area contributed by atoms with Crippen molar-refractivity contribution in [1.29, 1.82) is 0 Å². The maximum absolute atomic E-state index is 12.3. The lowest BCUT2D eigenvalue weighted by Crippen LogP contribution is -2.36. The number of carbonyl (C=O) groups excluding carboxylic acids is 1. The van der Waals surface area contributed by atoms with Crippen LogP contribution in [0.3, 0.4) is 0 Å². The number of thioether (sulfide) groups is 1. The van der Waals surface area contributed by atoms with Gasteiger partial charge in [0.15, 0.2) is 5.16 Å². The van der Waals surface area contributed by atoms with Crippen LogP contribution < -0.4 is 0 Å². The number of nitrogens with zero attached hydrogens (tertiary/aromatic N) is 3. The van der Waals surface area contributed by atoms with Gasteiger partial charge in [0.1, 0.15) is 0 Å². The number of carbonyl (C=O) groups is 1. The molecule has 4 nitrogen and oxygen atoms in total. The molecular weight excluding hydrogens is 282 g/mol. The van der Waals surface area contributed by atoms with E-state index in [0.717, 1.165) is 43.3 Å². The molecule has 1 aliphatic rings. The van der Waals surface area contributed by atoms with E-state index in [1.807, 2.05) is 11.8 Å². The normalized spacial score (nSPS) is 15.8. The van der Waals surface area contributed by atoms with Crippen LogP contribution in [0.25, 0.3) is 0 Å². The van der Waals surface area contributed by atoms with E-state index in [1.165, 1.54) is 12.1 Å². The third kappa shape index (κ3) is 4.25. The zero-order valence-electron chi connectivity index (χ0n) is 13.7. The summed E-state index contributed by atoms with van der Waals surface area (Å²) in [6, 6.07) is 0. The molecule has 1 aliphatic heterocycles. The van der Waals surface area contributed by atoms with Crippen molar-refractivity contribution in [3.8, 4) is 0 Å². The smallest absolute Gasteiger partial charge is 0.233 e. The summed E-state index contributed by atoms with van der Waals surface area (Å²) in [7, 11) is 0. The molecule has 0 aliphatic carbocycles. The molecule has 0 saturated carbocycles. The Balaban J connectivity index is 1.99. The zero-order chi connectivity index (χ0) is 15.4. The summed E-state index contributed by atoms with van der Waals surface area (Å²) in [4.78, 5) is 18.9. The van der Waals surface area contributed by atoms with E-state index in [9.17, 15) is 4.79 Å². The van der Waals surface area contributed by atoms with Gasteiger partial charge in [-0.15, -0.1) is 0 Å². The standard InChI is InChI=1S/C16H27N3OS/c1-12(2)10-19-14(4)13(3)17-16(19)21-11-15(20)18-8-6-5-7-9-18/h12H,5-11H2,1-4H3. The molecule has 0 aromatic carbocycles. The summed E-state index contributed by atoms with van der Waals surface area (Å²) >= 11 is 1.59. The molecule has 1 fully saturated rings. The molecule has 1 aromatic rings. The number of amides is 1. The van der Waals surface area contributed by atoms with Crippen molar-refractivity contribution < 1.29 is 4.79 Å². The fraction of sp³-hybridized carbons (Fsp3) is 0.750. The summed E-state index contributed by atoms with van der Waals surface area (Å²) < 4.78 is 2.26. The Labute approximate surface area is 132 Å². The van der Waals surface area contributed by atoms with E-state index in [1.54, 1.807) is 11.8 Å². The molecule has 21 heavy (non-hydrogen) atoms. The highest BCUT2D eigenvalue weighted by atomic mass is 32.2. The lowest BCUT2D eigenvalue weighted by molar-refractivity contribution is -0.129. The van der Waals surface area contributed by atoms with Gasteiger partial charge in [-0.2, -0.15) is 0 Å². The SMILES string of the molecule is Cc1nc(SCC(=O)N2CCCCC2)n(CC(C)C)c1C. The van der Waals surface area contributed by atoms with Crippen LogP contribution in [0.15, 0.2) is 5.16 Å². The molecule has 1 saturated heterocycles. The number of piperidine rings is 1. The molecule has 0 atom stereocenters. The number of aryl methyl sites for hydroxylation is 1. The molecule has 0 spiro atoms. The van der Waals surface area contributed by atoms with Crippen molar-refractivity contribution in [2.45, 2.75) is 58.7 Å². The van der Waals surface area contributed by atoms with Crippen LogP contribution >= 0.6 is 11.8 Å². The lowest BCUT2D eigenvalue weighted by Gasteiger charge is -2.26. The van der Waals surface area contributed by atoms with Crippen molar-refractivity contribution in [2.24, 2.45) is 5.92 Å². The zero-order valence-corrected chi connectivity index (χ0v) is 14.5. The molecule has 1 aromatic heterocycles. The van der Waals surface area contributed by atoms with Gasteiger partial charge in [-0.1, -0.05) is 25.6 Å². The Morgan fingerprint density at radius 1 is 1.24 bits per heavy atom. The summed E-state index contributed by atoms with van der Waals surface area (Å²) in [6.45, 7) is 11.4. The topological polar surface area (TPSA) is 38.1 Å². The number of aromatic nitrogens is 2. The Hall–Kier alpha value is -0.970. The fourth-order valence-corrected chi connectivity index (χ4v) is 3.68. The van der Waals surface area contributed by atoms with E-state index in [-0.39, 0.29) is 5.91 Å². The second-order valence-electron chi connectivity index (χ2n) is 6.30. The van der Waals surface area contributed by atoms with Gasteiger partial charge in [0.2, 0.25) is 5.91 Å². The highest BCUT2D eigenvalue weighted by Gasteiger charge is 2.19. The Morgan fingerprint density at radius 3 is 2.52 bits per heavy atom. The van der Waals surface area contributed by atoms with E-state index in [0.29, 0.717) is 11.7 Å². The lowest BCUT2D eigenvalue weighted by atomic mass is 10.1. The average Bonchev–Trinajstić information content (AvgIpc) is 2.73. The van der Waals surface area contributed by atoms with Gasteiger partial charge in [0, 0.05) is 25.3 Å². The maximum atomic E-state index is 12.3. The Kier molecular flexibility index (Phi) is 5.73. The Morgan fingerprint density at radius 2 is 1.90 bits per heavy atom. The van der Waals surface area contributed by atoms with E-state index >= 15 is 0 Å². The van der Waals surface area contributed by atoms with Gasteiger partial charge in [0.25, 0.3) is 0 Å². The first-order valence-corrected chi connectivity index (χ1v) is 8.92. The number of rotatable bonds is 5. The van der Waals surface area contributed by atoms with Crippen molar-refractivity contribution in [3.63, 3.8) is 0 Å². The first-order valence-electron chi connectivity index (χ1n) is 7.93. The quantitative estimate of drug-likeness (QED) is 0.784. The third-order valence-corrected chi connectivity index (χ3v) is 4.97. The second kappa shape index (κ2) is 7.34. The predicted molar refractivity (Wildman–Crippen MR) is 87.7 cm³/mol. The first-order chi connectivity index (χ1) is 9.99. The van der Waals surface area contributed by atoms with Gasteiger partial charge in [0.05, 0.1) is 11.4 Å². The summed E-state index contributed by atoms with van der Waals surface area (Å²) in [6.07, 6.45) is 3.56. The predicted octanol–water partition coefficient (Wildman–Crippen LogP) is 3.26. The van der Waals surface area contributed by atoms with Crippen molar-refractivity contribution >= 4 is 17.7 Å². The molecule has 0 bridgehead atoms.